The third-order valence-corrected chi connectivity index (χ3v) is 7.90. The van der Waals surface area contributed by atoms with Crippen molar-refractivity contribution in [1.29, 1.82) is 0 Å². The molecule has 0 fully saturated rings. The van der Waals surface area contributed by atoms with Gasteiger partial charge in [-0.3, -0.25) is 0 Å². The van der Waals surface area contributed by atoms with Gasteiger partial charge in [-0.25, -0.2) is 0 Å². The average Bonchev–Trinajstić information content (AvgIpc) is 1.83. The molecule has 0 spiro atoms. The van der Waals surface area contributed by atoms with Crippen LogP contribution < -0.4 is 0 Å². The second kappa shape index (κ2) is 9.23. The van der Waals surface area contributed by atoms with E-state index in [9.17, 15) is 0 Å². The maximum atomic E-state index is 5.67. The molecule has 0 amide bonds. The molecule has 0 nitrogen and oxygen atoms in total. The van der Waals surface area contributed by atoms with Crippen molar-refractivity contribution in [2.45, 2.75) is 45.0 Å². The van der Waals surface area contributed by atoms with Crippen LogP contribution in [0.3, 0.4) is 0 Å². The molecular weight excluding hydrogens is 321 g/mol. The molecule has 0 saturated carbocycles. The molecule has 0 atom stereocenters. The molecule has 76 valence electrons. The molecule has 0 aromatic rings. The van der Waals surface area contributed by atoms with E-state index in [0.717, 1.165) is 4.44 Å². The minimum absolute atomic E-state index is 0.540. The molecule has 0 aliphatic carbocycles. The molecule has 4 heteroatoms. The van der Waals surface area contributed by atoms with Crippen LogP contribution in [0.5, 0.6) is 0 Å². The standard InChI is InChI=1S/C4H9.C4H10.3ClH.Sn/c1-4(2)3;1-3-4-2;;;;/h4H,1H2,2-3H3;3-4H2,1-2H3;3*1H;/q;;;;;+3/p-3. The van der Waals surface area contributed by atoms with Crippen LogP contribution in [0, 0.1) is 5.92 Å². The smallest absolute Gasteiger partial charge is 0.0564 e. The van der Waals surface area contributed by atoms with Gasteiger partial charge in [-0.05, 0) is 0 Å². The van der Waals surface area contributed by atoms with E-state index >= 15 is 0 Å². The average molecular weight is 340 g/mol. The number of halogens is 3. The number of rotatable bonds is 3. The Balaban J connectivity index is 0. The number of hydrogen-bond donors (Lipinski definition) is 0. The zero-order chi connectivity index (χ0) is 10.2. The van der Waals surface area contributed by atoms with Gasteiger partial charge in [0, 0.05) is 0 Å². The van der Waals surface area contributed by atoms with Gasteiger partial charge in [-0.1, -0.05) is 26.7 Å². The van der Waals surface area contributed by atoms with Crippen LogP contribution in [0.15, 0.2) is 0 Å². The second-order valence-electron chi connectivity index (χ2n) is 3.21. The van der Waals surface area contributed by atoms with Crippen molar-refractivity contribution in [3.05, 3.63) is 0 Å². The van der Waals surface area contributed by atoms with Gasteiger partial charge in [0.1, 0.15) is 0 Å². The summed E-state index contributed by atoms with van der Waals surface area (Å²) in [6, 6.07) is 0. The molecule has 0 radical (unpaired) electrons. The maximum Gasteiger partial charge on any atom is -0.0564 e. The molecule has 12 heavy (non-hydrogen) atoms. The van der Waals surface area contributed by atoms with Gasteiger partial charge in [0.25, 0.3) is 0 Å². The third-order valence-electron chi connectivity index (χ3n) is 1.14. The Labute approximate surface area is 92.0 Å². The summed E-state index contributed by atoms with van der Waals surface area (Å²) in [6.07, 6.45) is 2.64. The summed E-state index contributed by atoms with van der Waals surface area (Å²) in [7, 11) is 17.0. The van der Waals surface area contributed by atoms with Gasteiger partial charge in [-0.2, -0.15) is 0 Å². The Bertz CT molecular complexity index is 86.8. The Kier molecular flexibility index (Phi) is 12.4. The van der Waals surface area contributed by atoms with Crippen molar-refractivity contribution in [2.75, 3.05) is 0 Å². The number of hydrogen-bond acceptors (Lipinski definition) is 0. The molecule has 0 aromatic heterocycles. The van der Waals surface area contributed by atoms with Crippen LogP contribution in [-0.4, -0.2) is 15.0 Å². The van der Waals surface area contributed by atoms with Crippen molar-refractivity contribution >= 4 is 41.8 Å². The fraction of sp³-hybridized carbons (Fsp3) is 1.00. The van der Waals surface area contributed by atoms with E-state index < -0.39 is 15.0 Å². The van der Waals surface area contributed by atoms with E-state index in [1.54, 1.807) is 0 Å². The number of unbranched alkanes of at least 4 members (excludes halogenated alkanes) is 1. The summed E-state index contributed by atoms with van der Waals surface area (Å²) in [6.45, 7) is 8.50. The Morgan fingerprint density at radius 3 is 1.33 bits per heavy atom. The predicted molar refractivity (Wildman–Crippen MR) is 63.5 cm³/mol. The van der Waals surface area contributed by atoms with Crippen LogP contribution in [0.4, 0.5) is 0 Å². The van der Waals surface area contributed by atoms with Gasteiger partial charge in [-0.15, -0.1) is 0 Å². The predicted octanol–water partition coefficient (Wildman–Crippen LogP) is 5.10. The molecule has 0 aromatic carbocycles. The summed E-state index contributed by atoms with van der Waals surface area (Å²) >= 11 is -2.94. The first-order valence-electron chi connectivity index (χ1n) is 4.40. The maximum absolute atomic E-state index is 5.67. The first-order valence-corrected chi connectivity index (χ1v) is 17.3. The first-order chi connectivity index (χ1) is 5.33. The van der Waals surface area contributed by atoms with Crippen LogP contribution >= 0.6 is 26.8 Å². The van der Waals surface area contributed by atoms with Gasteiger partial charge < -0.3 is 0 Å². The Hall–Kier alpha value is 1.67. The molecular formula is C8H19Cl3Sn. The van der Waals surface area contributed by atoms with Gasteiger partial charge in [0.2, 0.25) is 0 Å². The van der Waals surface area contributed by atoms with Gasteiger partial charge in [0.15, 0.2) is 0 Å². The van der Waals surface area contributed by atoms with E-state index in [4.69, 9.17) is 26.8 Å². The Morgan fingerprint density at radius 2 is 1.33 bits per heavy atom. The summed E-state index contributed by atoms with van der Waals surface area (Å²) in [5.41, 5.74) is 0. The van der Waals surface area contributed by atoms with Gasteiger partial charge >= 0.3 is 66.0 Å². The first kappa shape index (κ1) is 16.1. The monoisotopic (exact) mass is 340 g/mol. The fourth-order valence-corrected chi connectivity index (χ4v) is 9.32. The van der Waals surface area contributed by atoms with E-state index in [1.807, 2.05) is 0 Å². The van der Waals surface area contributed by atoms with E-state index in [2.05, 4.69) is 27.7 Å². The summed E-state index contributed by atoms with van der Waals surface area (Å²) in [4.78, 5) is 0. The van der Waals surface area contributed by atoms with Crippen LogP contribution in [-0.2, 0) is 0 Å². The van der Waals surface area contributed by atoms with Crippen molar-refractivity contribution in [2.24, 2.45) is 5.92 Å². The molecule has 0 saturated heterocycles. The van der Waals surface area contributed by atoms with Crippen molar-refractivity contribution < 1.29 is 0 Å². The SMILES string of the molecule is CC(C)[CH2][Sn]([Cl])([Cl])[Cl].CCCC. The molecule has 0 aliphatic rings. The summed E-state index contributed by atoms with van der Waals surface area (Å²) < 4.78 is 0.833. The zero-order valence-corrected chi connectivity index (χ0v) is 13.5. The Morgan fingerprint density at radius 1 is 1.00 bits per heavy atom. The van der Waals surface area contributed by atoms with Gasteiger partial charge in [0.05, 0.1) is 0 Å². The van der Waals surface area contributed by atoms with E-state index in [1.165, 1.54) is 12.8 Å². The topological polar surface area (TPSA) is 0 Å². The molecule has 0 unspecified atom stereocenters. The van der Waals surface area contributed by atoms with E-state index in [-0.39, 0.29) is 0 Å². The van der Waals surface area contributed by atoms with Crippen molar-refractivity contribution in [3.63, 3.8) is 0 Å². The molecule has 0 bridgehead atoms. The zero-order valence-electron chi connectivity index (χ0n) is 8.33. The largest absolute Gasteiger partial charge is 0.0654 e. The second-order valence-corrected chi connectivity index (χ2v) is 24.8. The molecule has 0 rings (SSSR count). The normalized spacial score (nSPS) is 11.0. The van der Waals surface area contributed by atoms with E-state index in [0.29, 0.717) is 5.92 Å². The third kappa shape index (κ3) is 22.6. The van der Waals surface area contributed by atoms with Crippen molar-refractivity contribution in [3.8, 4) is 0 Å². The molecule has 0 heterocycles. The fourth-order valence-electron chi connectivity index (χ4n) is 0.463. The van der Waals surface area contributed by atoms with Crippen molar-refractivity contribution in [1.82, 2.24) is 0 Å². The molecule has 0 N–H and O–H groups in total. The van der Waals surface area contributed by atoms with Crippen LogP contribution in [0.25, 0.3) is 0 Å². The quantitative estimate of drug-likeness (QED) is 0.627. The van der Waals surface area contributed by atoms with Crippen LogP contribution in [0.2, 0.25) is 4.44 Å². The molecule has 0 aliphatic heterocycles. The summed E-state index contributed by atoms with van der Waals surface area (Å²) in [5.74, 6) is 0.540. The summed E-state index contributed by atoms with van der Waals surface area (Å²) in [5, 5.41) is 0. The van der Waals surface area contributed by atoms with Crippen LogP contribution in [0.1, 0.15) is 40.5 Å². The minimum Gasteiger partial charge on any atom is -0.0654 e. The minimum atomic E-state index is -2.94.